The molecule has 0 aliphatic rings. The molecular weight excluding hydrogens is 203 g/mol. The van der Waals surface area contributed by atoms with E-state index < -0.39 is 0 Å². The Morgan fingerprint density at radius 1 is 1.06 bits per heavy atom. The summed E-state index contributed by atoms with van der Waals surface area (Å²) in [5, 5.41) is 0. The Bertz CT molecular complexity index is 481. The molecule has 0 aliphatic carbocycles. The number of rotatable bonds is 2. The standard InChI is InChI=1S/C13H13FN2/c1-9(2)10-5-3-6-11(14)12(10)13-15-7-4-8-16-13/h3-9H,1-2H3. The fraction of sp³-hybridized carbons (Fsp3) is 0.231. The Balaban J connectivity index is 2.64. The van der Waals surface area contributed by atoms with Gasteiger partial charge in [-0.3, -0.25) is 0 Å². The van der Waals surface area contributed by atoms with Gasteiger partial charge in [0.05, 0.1) is 5.56 Å². The average Bonchev–Trinajstić information content (AvgIpc) is 2.29. The summed E-state index contributed by atoms with van der Waals surface area (Å²) in [6.07, 6.45) is 3.25. The number of benzene rings is 1. The molecule has 0 fully saturated rings. The van der Waals surface area contributed by atoms with Crippen molar-refractivity contribution in [3.05, 3.63) is 48.0 Å². The quantitative estimate of drug-likeness (QED) is 0.768. The summed E-state index contributed by atoms with van der Waals surface area (Å²) in [6.45, 7) is 4.06. The van der Waals surface area contributed by atoms with Gasteiger partial charge in [-0.25, -0.2) is 14.4 Å². The van der Waals surface area contributed by atoms with Crippen molar-refractivity contribution in [2.45, 2.75) is 19.8 Å². The molecule has 0 bridgehead atoms. The molecule has 2 rings (SSSR count). The normalized spacial score (nSPS) is 10.8. The van der Waals surface area contributed by atoms with Crippen molar-refractivity contribution in [1.82, 2.24) is 9.97 Å². The second-order valence-electron chi connectivity index (χ2n) is 3.93. The van der Waals surface area contributed by atoms with E-state index in [0.29, 0.717) is 11.4 Å². The average molecular weight is 216 g/mol. The Morgan fingerprint density at radius 3 is 2.38 bits per heavy atom. The SMILES string of the molecule is CC(C)c1cccc(F)c1-c1ncccn1. The van der Waals surface area contributed by atoms with Crippen molar-refractivity contribution in [2.24, 2.45) is 0 Å². The molecule has 3 heteroatoms. The molecule has 0 radical (unpaired) electrons. The maximum atomic E-state index is 13.8. The molecule has 0 amide bonds. The van der Waals surface area contributed by atoms with Crippen molar-refractivity contribution < 1.29 is 4.39 Å². The number of aromatic nitrogens is 2. The highest BCUT2D eigenvalue weighted by atomic mass is 19.1. The fourth-order valence-electron chi connectivity index (χ4n) is 1.69. The van der Waals surface area contributed by atoms with Crippen LogP contribution in [0.5, 0.6) is 0 Å². The van der Waals surface area contributed by atoms with Crippen molar-refractivity contribution in [1.29, 1.82) is 0 Å². The van der Waals surface area contributed by atoms with E-state index in [4.69, 9.17) is 0 Å². The van der Waals surface area contributed by atoms with Crippen LogP contribution in [0.2, 0.25) is 0 Å². The lowest BCUT2D eigenvalue weighted by atomic mass is 9.96. The second kappa shape index (κ2) is 4.39. The van der Waals surface area contributed by atoms with E-state index in [9.17, 15) is 4.39 Å². The van der Waals surface area contributed by atoms with Crippen LogP contribution in [0.1, 0.15) is 25.3 Å². The molecular formula is C13H13FN2. The Labute approximate surface area is 94.2 Å². The minimum absolute atomic E-state index is 0.245. The molecule has 1 heterocycles. The molecule has 0 unspecified atom stereocenters. The van der Waals surface area contributed by atoms with Gasteiger partial charge < -0.3 is 0 Å². The lowest BCUT2D eigenvalue weighted by Gasteiger charge is -2.11. The van der Waals surface area contributed by atoms with Gasteiger partial charge in [-0.1, -0.05) is 26.0 Å². The summed E-state index contributed by atoms with van der Waals surface area (Å²) >= 11 is 0. The molecule has 1 aromatic carbocycles. The smallest absolute Gasteiger partial charge is 0.162 e. The molecule has 0 saturated carbocycles. The zero-order valence-corrected chi connectivity index (χ0v) is 9.31. The van der Waals surface area contributed by atoms with Crippen molar-refractivity contribution in [2.75, 3.05) is 0 Å². The largest absolute Gasteiger partial charge is 0.236 e. The topological polar surface area (TPSA) is 25.8 Å². The predicted octanol–water partition coefficient (Wildman–Crippen LogP) is 3.41. The highest BCUT2D eigenvalue weighted by molar-refractivity contribution is 5.61. The summed E-state index contributed by atoms with van der Waals surface area (Å²) in [6, 6.07) is 6.80. The number of nitrogens with zero attached hydrogens (tertiary/aromatic N) is 2. The highest BCUT2D eigenvalue weighted by Crippen LogP contribution is 2.28. The van der Waals surface area contributed by atoms with Gasteiger partial charge in [0, 0.05) is 12.4 Å². The summed E-state index contributed by atoms with van der Waals surface area (Å²) < 4.78 is 13.8. The first kappa shape index (κ1) is 10.7. The van der Waals surface area contributed by atoms with Crippen LogP contribution in [0.15, 0.2) is 36.7 Å². The number of hydrogen-bond donors (Lipinski definition) is 0. The number of hydrogen-bond acceptors (Lipinski definition) is 2. The Hall–Kier alpha value is -1.77. The van der Waals surface area contributed by atoms with Gasteiger partial charge in [0.1, 0.15) is 5.82 Å². The molecule has 0 saturated heterocycles. The molecule has 0 aliphatic heterocycles. The molecule has 16 heavy (non-hydrogen) atoms. The predicted molar refractivity (Wildman–Crippen MR) is 61.5 cm³/mol. The van der Waals surface area contributed by atoms with Crippen molar-refractivity contribution >= 4 is 0 Å². The van der Waals surface area contributed by atoms with Crippen LogP contribution in [-0.2, 0) is 0 Å². The third-order valence-corrected chi connectivity index (χ3v) is 2.46. The first-order valence-corrected chi connectivity index (χ1v) is 5.26. The van der Waals surface area contributed by atoms with E-state index in [1.807, 2.05) is 19.9 Å². The van der Waals surface area contributed by atoms with Gasteiger partial charge in [-0.2, -0.15) is 0 Å². The van der Waals surface area contributed by atoms with Crippen molar-refractivity contribution in [3.8, 4) is 11.4 Å². The van der Waals surface area contributed by atoms with E-state index in [0.717, 1.165) is 5.56 Å². The summed E-state index contributed by atoms with van der Waals surface area (Å²) in [5.41, 5.74) is 1.45. The first-order valence-electron chi connectivity index (χ1n) is 5.26. The number of halogens is 1. The lowest BCUT2D eigenvalue weighted by molar-refractivity contribution is 0.625. The molecule has 0 N–H and O–H groups in total. The molecule has 82 valence electrons. The van der Waals surface area contributed by atoms with Gasteiger partial charge >= 0.3 is 0 Å². The van der Waals surface area contributed by atoms with Gasteiger partial charge in [-0.05, 0) is 23.6 Å². The van der Waals surface area contributed by atoms with Gasteiger partial charge in [0.2, 0.25) is 0 Å². The molecule has 1 aromatic heterocycles. The monoisotopic (exact) mass is 216 g/mol. The minimum Gasteiger partial charge on any atom is -0.236 e. The van der Waals surface area contributed by atoms with Crippen LogP contribution in [0.25, 0.3) is 11.4 Å². The fourth-order valence-corrected chi connectivity index (χ4v) is 1.69. The van der Waals surface area contributed by atoms with E-state index in [2.05, 4.69) is 9.97 Å². The summed E-state index contributed by atoms with van der Waals surface area (Å²) in [5.74, 6) is 0.427. The highest BCUT2D eigenvalue weighted by Gasteiger charge is 2.14. The lowest BCUT2D eigenvalue weighted by Crippen LogP contribution is -1.98. The van der Waals surface area contributed by atoms with Crippen LogP contribution < -0.4 is 0 Å². The molecule has 0 atom stereocenters. The Morgan fingerprint density at radius 2 is 1.75 bits per heavy atom. The van der Waals surface area contributed by atoms with Crippen LogP contribution >= 0.6 is 0 Å². The van der Waals surface area contributed by atoms with Crippen molar-refractivity contribution in [3.63, 3.8) is 0 Å². The first-order chi connectivity index (χ1) is 7.70. The van der Waals surface area contributed by atoms with Gasteiger partial charge in [-0.15, -0.1) is 0 Å². The van der Waals surface area contributed by atoms with Gasteiger partial charge in [0.25, 0.3) is 0 Å². The molecule has 0 spiro atoms. The third kappa shape index (κ3) is 1.94. The third-order valence-electron chi connectivity index (χ3n) is 2.46. The Kier molecular flexibility index (Phi) is 2.95. The summed E-state index contributed by atoms with van der Waals surface area (Å²) in [7, 11) is 0. The van der Waals surface area contributed by atoms with E-state index in [-0.39, 0.29) is 11.7 Å². The van der Waals surface area contributed by atoms with Crippen LogP contribution in [0.4, 0.5) is 4.39 Å². The second-order valence-corrected chi connectivity index (χ2v) is 3.93. The summed E-state index contributed by atoms with van der Waals surface area (Å²) in [4.78, 5) is 8.20. The van der Waals surface area contributed by atoms with Crippen LogP contribution in [-0.4, -0.2) is 9.97 Å². The van der Waals surface area contributed by atoms with E-state index in [1.165, 1.54) is 6.07 Å². The van der Waals surface area contributed by atoms with Gasteiger partial charge in [0.15, 0.2) is 5.82 Å². The zero-order valence-electron chi connectivity index (χ0n) is 9.31. The van der Waals surface area contributed by atoms with Crippen LogP contribution in [0.3, 0.4) is 0 Å². The maximum absolute atomic E-state index is 13.8. The van der Waals surface area contributed by atoms with E-state index >= 15 is 0 Å². The van der Waals surface area contributed by atoms with Crippen LogP contribution in [0, 0.1) is 5.82 Å². The minimum atomic E-state index is -0.266. The zero-order chi connectivity index (χ0) is 11.5. The molecule has 2 aromatic rings. The molecule has 2 nitrogen and oxygen atoms in total. The maximum Gasteiger partial charge on any atom is 0.162 e. The van der Waals surface area contributed by atoms with E-state index in [1.54, 1.807) is 24.5 Å².